The molecule has 21 heavy (non-hydrogen) atoms. The molecular weight excluding hydrogens is 292 g/mol. The van der Waals surface area contributed by atoms with Gasteiger partial charge in [0.1, 0.15) is 0 Å². The average molecular weight is 313 g/mol. The highest BCUT2D eigenvalue weighted by Gasteiger charge is 2.12. The minimum absolute atomic E-state index is 0.0771. The van der Waals surface area contributed by atoms with Gasteiger partial charge in [0.15, 0.2) is 0 Å². The molecule has 1 rings (SSSR count). The number of nitrogens with zero attached hydrogens (tertiary/aromatic N) is 1. The lowest BCUT2D eigenvalue weighted by atomic mass is 10.3. The molecule has 0 fully saturated rings. The number of halogens is 1. The fraction of sp³-hybridized carbons (Fsp3) is 0.429. The normalized spacial score (nSPS) is 10.8. The predicted octanol–water partition coefficient (Wildman–Crippen LogP) is 1.32. The first kappa shape index (κ1) is 17.3. The van der Waals surface area contributed by atoms with E-state index in [-0.39, 0.29) is 30.9 Å². The van der Waals surface area contributed by atoms with Crippen LogP contribution in [-0.2, 0) is 9.59 Å². The Balaban J connectivity index is 2.47. The lowest BCUT2D eigenvalue weighted by molar-refractivity contribution is -0.123. The van der Waals surface area contributed by atoms with Crippen LogP contribution in [0.15, 0.2) is 18.2 Å². The third-order valence-electron chi connectivity index (χ3n) is 2.54. The SMILES string of the molecule is CC(C)NC(=O)CN(C)CC(=O)Nc1ccc(N)cc1Cl. The molecule has 6 nitrogen and oxygen atoms in total. The van der Waals surface area contributed by atoms with Gasteiger partial charge in [-0.15, -0.1) is 0 Å². The van der Waals surface area contributed by atoms with Crippen LogP contribution < -0.4 is 16.4 Å². The van der Waals surface area contributed by atoms with E-state index in [1.807, 2.05) is 13.8 Å². The van der Waals surface area contributed by atoms with Gasteiger partial charge in [0.05, 0.1) is 23.8 Å². The van der Waals surface area contributed by atoms with E-state index in [4.69, 9.17) is 17.3 Å². The molecule has 0 aromatic heterocycles. The molecule has 0 unspecified atom stereocenters. The maximum Gasteiger partial charge on any atom is 0.238 e. The van der Waals surface area contributed by atoms with Crippen molar-refractivity contribution in [3.63, 3.8) is 0 Å². The molecular formula is C14H21ClN4O2. The topological polar surface area (TPSA) is 87.5 Å². The third kappa shape index (κ3) is 6.46. The molecule has 116 valence electrons. The number of hydrogen-bond donors (Lipinski definition) is 3. The van der Waals surface area contributed by atoms with Gasteiger partial charge in [-0.05, 0) is 39.1 Å². The van der Waals surface area contributed by atoms with Crippen molar-refractivity contribution < 1.29 is 9.59 Å². The van der Waals surface area contributed by atoms with Crippen LogP contribution in [0.4, 0.5) is 11.4 Å². The summed E-state index contributed by atoms with van der Waals surface area (Å²) in [5.41, 5.74) is 6.61. The van der Waals surface area contributed by atoms with E-state index >= 15 is 0 Å². The average Bonchev–Trinajstić information content (AvgIpc) is 2.31. The molecule has 0 bridgehead atoms. The molecule has 0 atom stereocenters. The third-order valence-corrected chi connectivity index (χ3v) is 2.86. The highest BCUT2D eigenvalue weighted by atomic mass is 35.5. The predicted molar refractivity (Wildman–Crippen MR) is 85.3 cm³/mol. The number of anilines is 2. The number of hydrogen-bond acceptors (Lipinski definition) is 4. The summed E-state index contributed by atoms with van der Waals surface area (Å²) in [4.78, 5) is 25.1. The summed E-state index contributed by atoms with van der Waals surface area (Å²) < 4.78 is 0. The summed E-state index contributed by atoms with van der Waals surface area (Å²) in [5, 5.41) is 5.83. The van der Waals surface area contributed by atoms with Crippen LogP contribution in [0, 0.1) is 0 Å². The van der Waals surface area contributed by atoms with Gasteiger partial charge < -0.3 is 16.4 Å². The van der Waals surface area contributed by atoms with Crippen LogP contribution >= 0.6 is 11.6 Å². The minimum atomic E-state index is -0.249. The zero-order valence-electron chi connectivity index (χ0n) is 12.4. The molecule has 0 saturated heterocycles. The number of benzene rings is 1. The first-order valence-corrected chi connectivity index (χ1v) is 6.98. The van der Waals surface area contributed by atoms with Crippen molar-refractivity contribution in [2.45, 2.75) is 19.9 Å². The van der Waals surface area contributed by atoms with E-state index in [1.165, 1.54) is 0 Å². The van der Waals surface area contributed by atoms with Crippen molar-refractivity contribution >= 4 is 34.8 Å². The van der Waals surface area contributed by atoms with E-state index in [1.54, 1.807) is 30.1 Å². The van der Waals surface area contributed by atoms with Crippen molar-refractivity contribution in [2.24, 2.45) is 0 Å². The Hall–Kier alpha value is -1.79. The summed E-state index contributed by atoms with van der Waals surface area (Å²) in [5.74, 6) is -0.368. The molecule has 1 aromatic rings. The van der Waals surface area contributed by atoms with E-state index in [0.717, 1.165) is 0 Å². The molecule has 0 radical (unpaired) electrons. The van der Waals surface area contributed by atoms with E-state index in [2.05, 4.69) is 10.6 Å². The smallest absolute Gasteiger partial charge is 0.238 e. The number of amides is 2. The lowest BCUT2D eigenvalue weighted by Crippen LogP contribution is -2.41. The Morgan fingerprint density at radius 1 is 1.29 bits per heavy atom. The quantitative estimate of drug-likeness (QED) is 0.691. The van der Waals surface area contributed by atoms with Gasteiger partial charge >= 0.3 is 0 Å². The highest BCUT2D eigenvalue weighted by Crippen LogP contribution is 2.23. The molecule has 0 spiro atoms. The zero-order chi connectivity index (χ0) is 16.0. The highest BCUT2D eigenvalue weighted by molar-refractivity contribution is 6.34. The van der Waals surface area contributed by atoms with Crippen LogP contribution in [0.25, 0.3) is 0 Å². The summed E-state index contributed by atoms with van der Waals surface area (Å²) in [6, 6.07) is 4.94. The molecule has 0 aliphatic rings. The summed E-state index contributed by atoms with van der Waals surface area (Å²) in [7, 11) is 1.70. The second-order valence-corrected chi connectivity index (χ2v) is 5.59. The molecule has 2 amide bonds. The van der Waals surface area contributed by atoms with Crippen molar-refractivity contribution in [1.29, 1.82) is 0 Å². The van der Waals surface area contributed by atoms with Gasteiger partial charge in [0, 0.05) is 11.7 Å². The minimum Gasteiger partial charge on any atom is -0.399 e. The van der Waals surface area contributed by atoms with Crippen LogP contribution in [0.1, 0.15) is 13.8 Å². The van der Waals surface area contributed by atoms with Crippen molar-refractivity contribution in [3.8, 4) is 0 Å². The molecule has 0 aliphatic carbocycles. The zero-order valence-corrected chi connectivity index (χ0v) is 13.2. The fourth-order valence-corrected chi connectivity index (χ4v) is 1.97. The van der Waals surface area contributed by atoms with Gasteiger partial charge in [0.2, 0.25) is 11.8 Å². The Labute approximate surface area is 129 Å². The summed E-state index contributed by atoms with van der Waals surface area (Å²) in [6.45, 7) is 4.01. The Morgan fingerprint density at radius 2 is 1.90 bits per heavy atom. The Morgan fingerprint density at radius 3 is 2.48 bits per heavy atom. The van der Waals surface area contributed by atoms with Crippen LogP contribution in [0.2, 0.25) is 5.02 Å². The number of nitrogen functional groups attached to an aromatic ring is 1. The molecule has 0 aliphatic heterocycles. The maximum absolute atomic E-state index is 11.9. The number of carbonyl (C=O) groups is 2. The lowest BCUT2D eigenvalue weighted by Gasteiger charge is -2.17. The maximum atomic E-state index is 11.9. The monoisotopic (exact) mass is 312 g/mol. The number of likely N-dealkylation sites (N-methyl/N-ethyl adjacent to an activating group) is 1. The van der Waals surface area contributed by atoms with Crippen LogP contribution in [-0.4, -0.2) is 42.9 Å². The van der Waals surface area contributed by atoms with Crippen molar-refractivity contribution in [1.82, 2.24) is 10.2 Å². The first-order valence-electron chi connectivity index (χ1n) is 6.60. The van der Waals surface area contributed by atoms with E-state index < -0.39 is 0 Å². The number of nitrogens with one attached hydrogen (secondary N) is 2. The molecule has 7 heteroatoms. The number of carbonyl (C=O) groups excluding carboxylic acids is 2. The number of nitrogens with two attached hydrogens (primary N) is 1. The first-order chi connectivity index (χ1) is 9.77. The van der Waals surface area contributed by atoms with Crippen LogP contribution in [0.3, 0.4) is 0 Å². The van der Waals surface area contributed by atoms with Gasteiger partial charge in [-0.2, -0.15) is 0 Å². The van der Waals surface area contributed by atoms with Gasteiger partial charge in [-0.25, -0.2) is 0 Å². The van der Waals surface area contributed by atoms with E-state index in [9.17, 15) is 9.59 Å². The van der Waals surface area contributed by atoms with Gasteiger partial charge in [0.25, 0.3) is 0 Å². The molecule has 1 aromatic carbocycles. The molecule has 0 heterocycles. The molecule has 0 saturated carbocycles. The van der Waals surface area contributed by atoms with Crippen molar-refractivity contribution in [3.05, 3.63) is 23.2 Å². The fourth-order valence-electron chi connectivity index (χ4n) is 1.74. The van der Waals surface area contributed by atoms with Gasteiger partial charge in [-0.3, -0.25) is 14.5 Å². The standard InChI is InChI=1S/C14H21ClN4O2/c1-9(2)17-13(20)7-19(3)8-14(21)18-12-5-4-10(16)6-11(12)15/h4-6,9H,7-8,16H2,1-3H3,(H,17,20)(H,18,21). The van der Waals surface area contributed by atoms with Crippen LogP contribution in [0.5, 0.6) is 0 Å². The second-order valence-electron chi connectivity index (χ2n) is 5.18. The Kier molecular flexibility index (Phi) is 6.45. The van der Waals surface area contributed by atoms with Gasteiger partial charge in [-0.1, -0.05) is 11.6 Å². The summed E-state index contributed by atoms with van der Waals surface area (Å²) >= 11 is 5.98. The summed E-state index contributed by atoms with van der Waals surface area (Å²) in [6.07, 6.45) is 0. The van der Waals surface area contributed by atoms with E-state index in [0.29, 0.717) is 16.4 Å². The Bertz CT molecular complexity index is 520. The van der Waals surface area contributed by atoms with Crippen molar-refractivity contribution in [2.75, 3.05) is 31.2 Å². The second kappa shape index (κ2) is 7.85. The number of rotatable bonds is 6. The largest absolute Gasteiger partial charge is 0.399 e. The molecule has 4 N–H and O–H groups in total.